The topological polar surface area (TPSA) is 50.4 Å². The maximum absolute atomic E-state index is 5.92. The molecule has 0 aromatic heterocycles. The minimum Gasteiger partial charge on any atom is -0.370 e. The van der Waals surface area contributed by atoms with Crippen LogP contribution in [0.2, 0.25) is 0 Å². The van der Waals surface area contributed by atoms with Crippen molar-refractivity contribution in [1.82, 2.24) is 5.32 Å². The summed E-state index contributed by atoms with van der Waals surface area (Å²) in [5.74, 6) is 2.28. The van der Waals surface area contributed by atoms with E-state index in [9.17, 15) is 0 Å². The molecule has 0 saturated heterocycles. The molecule has 0 spiro atoms. The van der Waals surface area contributed by atoms with Gasteiger partial charge in [0.2, 0.25) is 0 Å². The first-order valence-corrected chi connectivity index (χ1v) is 6.82. The van der Waals surface area contributed by atoms with Gasteiger partial charge >= 0.3 is 0 Å². The van der Waals surface area contributed by atoms with Crippen molar-refractivity contribution in [2.75, 3.05) is 6.54 Å². The number of rotatable bonds is 3. The second-order valence-corrected chi connectivity index (χ2v) is 5.52. The van der Waals surface area contributed by atoms with E-state index in [0.29, 0.717) is 12.0 Å². The SMILES string of the molecule is CC1CCCC1CN=C(N)NC1CCCC1. The quantitative estimate of drug-likeness (QED) is 0.569. The molecule has 2 saturated carbocycles. The predicted molar refractivity (Wildman–Crippen MR) is 68.4 cm³/mol. The predicted octanol–water partition coefficient (Wildman–Crippen LogP) is 2.27. The zero-order valence-corrected chi connectivity index (χ0v) is 10.4. The summed E-state index contributed by atoms with van der Waals surface area (Å²) in [7, 11) is 0. The molecule has 3 N–H and O–H groups in total. The van der Waals surface area contributed by atoms with Gasteiger partial charge in [0.1, 0.15) is 0 Å². The molecule has 2 unspecified atom stereocenters. The van der Waals surface area contributed by atoms with Crippen LogP contribution in [0.15, 0.2) is 4.99 Å². The van der Waals surface area contributed by atoms with Crippen LogP contribution in [0.3, 0.4) is 0 Å². The Kier molecular flexibility index (Phi) is 4.08. The zero-order valence-electron chi connectivity index (χ0n) is 10.4. The van der Waals surface area contributed by atoms with Gasteiger partial charge in [0.05, 0.1) is 0 Å². The highest BCUT2D eigenvalue weighted by molar-refractivity contribution is 5.78. The van der Waals surface area contributed by atoms with Gasteiger partial charge in [-0.2, -0.15) is 0 Å². The summed E-state index contributed by atoms with van der Waals surface area (Å²) >= 11 is 0. The summed E-state index contributed by atoms with van der Waals surface area (Å²) in [5.41, 5.74) is 5.92. The molecule has 0 bridgehead atoms. The molecule has 2 aliphatic carbocycles. The van der Waals surface area contributed by atoms with Crippen molar-refractivity contribution in [3.8, 4) is 0 Å². The summed E-state index contributed by atoms with van der Waals surface area (Å²) in [4.78, 5) is 4.50. The van der Waals surface area contributed by atoms with Crippen molar-refractivity contribution in [2.45, 2.75) is 57.9 Å². The second kappa shape index (κ2) is 5.55. The third kappa shape index (κ3) is 3.13. The summed E-state index contributed by atoms with van der Waals surface area (Å²) in [6, 6.07) is 0.588. The number of nitrogens with two attached hydrogens (primary N) is 1. The monoisotopic (exact) mass is 223 g/mol. The van der Waals surface area contributed by atoms with Gasteiger partial charge in [0.25, 0.3) is 0 Å². The van der Waals surface area contributed by atoms with E-state index < -0.39 is 0 Å². The Morgan fingerprint density at radius 2 is 1.94 bits per heavy atom. The molecule has 0 heterocycles. The largest absolute Gasteiger partial charge is 0.370 e. The van der Waals surface area contributed by atoms with Crippen molar-refractivity contribution >= 4 is 5.96 Å². The van der Waals surface area contributed by atoms with Gasteiger partial charge in [-0.05, 0) is 31.1 Å². The molecule has 3 nitrogen and oxygen atoms in total. The lowest BCUT2D eigenvalue weighted by atomic mass is 9.99. The second-order valence-electron chi connectivity index (χ2n) is 5.52. The Hall–Kier alpha value is -0.730. The van der Waals surface area contributed by atoms with Crippen LogP contribution in [-0.2, 0) is 0 Å². The average molecular weight is 223 g/mol. The summed E-state index contributed by atoms with van der Waals surface area (Å²) in [6.45, 7) is 3.26. The fourth-order valence-corrected chi connectivity index (χ4v) is 3.03. The molecule has 16 heavy (non-hydrogen) atoms. The van der Waals surface area contributed by atoms with Crippen LogP contribution < -0.4 is 11.1 Å². The van der Waals surface area contributed by atoms with Crippen LogP contribution in [-0.4, -0.2) is 18.5 Å². The number of hydrogen-bond donors (Lipinski definition) is 2. The molecule has 2 atom stereocenters. The lowest BCUT2D eigenvalue weighted by Crippen LogP contribution is -2.38. The first-order valence-electron chi connectivity index (χ1n) is 6.82. The lowest BCUT2D eigenvalue weighted by molar-refractivity contribution is 0.429. The molecule has 92 valence electrons. The molecule has 2 aliphatic rings. The van der Waals surface area contributed by atoms with Gasteiger partial charge in [-0.15, -0.1) is 0 Å². The molecular weight excluding hydrogens is 198 g/mol. The molecule has 3 heteroatoms. The van der Waals surface area contributed by atoms with Crippen LogP contribution >= 0.6 is 0 Å². The summed E-state index contributed by atoms with van der Waals surface area (Å²) in [6.07, 6.45) is 9.27. The van der Waals surface area contributed by atoms with E-state index in [1.165, 1.54) is 44.9 Å². The van der Waals surface area contributed by atoms with Gasteiger partial charge in [-0.25, -0.2) is 0 Å². The first kappa shape index (κ1) is 11.7. The average Bonchev–Trinajstić information content (AvgIpc) is 2.87. The molecule has 0 amide bonds. The van der Waals surface area contributed by atoms with Gasteiger partial charge in [-0.1, -0.05) is 32.6 Å². The van der Waals surface area contributed by atoms with Crippen molar-refractivity contribution in [2.24, 2.45) is 22.6 Å². The molecule has 0 aromatic rings. The lowest BCUT2D eigenvalue weighted by Gasteiger charge is -2.15. The van der Waals surface area contributed by atoms with Crippen LogP contribution in [0, 0.1) is 11.8 Å². The molecular formula is C13H25N3. The Bertz CT molecular complexity index is 244. The highest BCUT2D eigenvalue weighted by Crippen LogP contribution is 2.31. The minimum atomic E-state index is 0.588. The van der Waals surface area contributed by atoms with Gasteiger partial charge in [0, 0.05) is 12.6 Å². The third-order valence-electron chi connectivity index (χ3n) is 4.24. The Morgan fingerprint density at radius 1 is 1.19 bits per heavy atom. The van der Waals surface area contributed by atoms with Crippen molar-refractivity contribution in [3.05, 3.63) is 0 Å². The van der Waals surface area contributed by atoms with E-state index >= 15 is 0 Å². The molecule has 0 radical (unpaired) electrons. The van der Waals surface area contributed by atoms with Crippen molar-refractivity contribution < 1.29 is 0 Å². The number of aliphatic imine (C=N–C) groups is 1. The maximum atomic E-state index is 5.92. The van der Waals surface area contributed by atoms with Crippen LogP contribution in [0.4, 0.5) is 0 Å². The summed E-state index contributed by atoms with van der Waals surface area (Å²) < 4.78 is 0. The third-order valence-corrected chi connectivity index (χ3v) is 4.24. The van der Waals surface area contributed by atoms with Gasteiger partial charge in [-0.3, -0.25) is 4.99 Å². The first-order chi connectivity index (χ1) is 7.75. The number of nitrogens with zero attached hydrogens (tertiary/aromatic N) is 1. The molecule has 0 aromatic carbocycles. The highest BCUT2D eigenvalue weighted by Gasteiger charge is 2.23. The van der Waals surface area contributed by atoms with E-state index in [4.69, 9.17) is 5.73 Å². The maximum Gasteiger partial charge on any atom is 0.188 e. The molecule has 2 fully saturated rings. The smallest absolute Gasteiger partial charge is 0.188 e. The van der Waals surface area contributed by atoms with Gasteiger partial charge in [0.15, 0.2) is 5.96 Å². The number of nitrogens with one attached hydrogen (secondary N) is 1. The standard InChI is InChI=1S/C13H25N3/c1-10-5-4-6-11(10)9-15-13(14)16-12-7-2-3-8-12/h10-12H,2-9H2,1H3,(H3,14,15,16). The number of hydrogen-bond acceptors (Lipinski definition) is 1. The summed E-state index contributed by atoms with van der Waals surface area (Å²) in [5, 5.41) is 3.35. The highest BCUT2D eigenvalue weighted by atomic mass is 15.1. The van der Waals surface area contributed by atoms with Crippen molar-refractivity contribution in [1.29, 1.82) is 0 Å². The van der Waals surface area contributed by atoms with E-state index in [2.05, 4.69) is 17.2 Å². The van der Waals surface area contributed by atoms with E-state index in [1.807, 2.05) is 0 Å². The minimum absolute atomic E-state index is 0.588. The normalized spacial score (nSPS) is 32.2. The van der Waals surface area contributed by atoms with Crippen LogP contribution in [0.1, 0.15) is 51.9 Å². The van der Waals surface area contributed by atoms with Crippen LogP contribution in [0.25, 0.3) is 0 Å². The Labute approximate surface area is 98.9 Å². The Morgan fingerprint density at radius 3 is 2.56 bits per heavy atom. The van der Waals surface area contributed by atoms with Gasteiger partial charge < -0.3 is 11.1 Å². The zero-order chi connectivity index (χ0) is 11.4. The Balaban J connectivity index is 1.73. The van der Waals surface area contributed by atoms with E-state index in [1.54, 1.807) is 0 Å². The van der Waals surface area contributed by atoms with E-state index in [0.717, 1.165) is 18.4 Å². The molecule has 2 rings (SSSR count). The molecule has 0 aliphatic heterocycles. The van der Waals surface area contributed by atoms with Crippen LogP contribution in [0.5, 0.6) is 0 Å². The fourth-order valence-electron chi connectivity index (χ4n) is 3.03. The fraction of sp³-hybridized carbons (Fsp3) is 0.923. The number of guanidine groups is 1. The van der Waals surface area contributed by atoms with Crippen molar-refractivity contribution in [3.63, 3.8) is 0 Å². The van der Waals surface area contributed by atoms with E-state index in [-0.39, 0.29) is 0 Å².